The second-order valence-electron chi connectivity index (χ2n) is 5.93. The minimum absolute atomic E-state index is 0.0185. The van der Waals surface area contributed by atoms with Crippen LogP contribution in [0.2, 0.25) is 0 Å². The van der Waals surface area contributed by atoms with E-state index >= 15 is 0 Å². The van der Waals surface area contributed by atoms with Crippen molar-refractivity contribution in [1.29, 1.82) is 0 Å². The summed E-state index contributed by atoms with van der Waals surface area (Å²) in [5.41, 5.74) is 0.176. The fraction of sp³-hybridized carbons (Fsp3) is 1.00. The lowest BCUT2D eigenvalue weighted by Gasteiger charge is -2.49. The molecule has 0 unspecified atom stereocenters. The maximum Gasteiger partial charge on any atom is 0.119 e. The van der Waals surface area contributed by atoms with Crippen molar-refractivity contribution in [2.45, 2.75) is 89.4 Å². The van der Waals surface area contributed by atoms with Gasteiger partial charge in [-0.25, -0.2) is 0 Å². The third kappa shape index (κ3) is 3.03. The molecular formula is C15H29NO. The van der Waals surface area contributed by atoms with E-state index in [0.29, 0.717) is 0 Å². The van der Waals surface area contributed by atoms with Gasteiger partial charge >= 0.3 is 0 Å². The van der Waals surface area contributed by atoms with E-state index in [4.69, 9.17) is 4.74 Å². The predicted octanol–water partition coefficient (Wildman–Crippen LogP) is 4.00. The zero-order valence-corrected chi connectivity index (χ0v) is 11.7. The summed E-state index contributed by atoms with van der Waals surface area (Å²) in [5, 5.41) is 3.70. The molecule has 1 aliphatic carbocycles. The maximum absolute atomic E-state index is 6.63. The molecule has 1 heterocycles. The fourth-order valence-electron chi connectivity index (χ4n) is 3.52. The summed E-state index contributed by atoms with van der Waals surface area (Å²) in [5.74, 6) is 0. The topological polar surface area (TPSA) is 21.3 Å². The van der Waals surface area contributed by atoms with E-state index in [1.807, 2.05) is 0 Å². The Balaban J connectivity index is 2.06. The molecule has 2 heteroatoms. The van der Waals surface area contributed by atoms with E-state index in [0.717, 1.165) is 19.4 Å². The summed E-state index contributed by atoms with van der Waals surface area (Å²) in [4.78, 5) is 0. The third-order valence-corrected chi connectivity index (χ3v) is 4.89. The van der Waals surface area contributed by atoms with Crippen LogP contribution in [0.15, 0.2) is 0 Å². The van der Waals surface area contributed by atoms with Gasteiger partial charge in [0.05, 0.1) is 5.60 Å². The van der Waals surface area contributed by atoms with Gasteiger partial charge in [-0.2, -0.15) is 0 Å². The normalized spacial score (nSPS) is 28.6. The molecule has 1 spiro atoms. The molecule has 2 fully saturated rings. The second-order valence-corrected chi connectivity index (χ2v) is 5.93. The lowest BCUT2D eigenvalue weighted by atomic mass is 9.86. The van der Waals surface area contributed by atoms with Gasteiger partial charge in [-0.15, -0.1) is 0 Å². The molecule has 0 amide bonds. The lowest BCUT2D eigenvalue weighted by molar-refractivity contribution is -0.212. The zero-order chi connectivity index (χ0) is 12.2. The van der Waals surface area contributed by atoms with E-state index in [-0.39, 0.29) is 11.3 Å². The molecule has 1 saturated heterocycles. The molecule has 0 aromatic carbocycles. The predicted molar refractivity (Wildman–Crippen MR) is 72.1 cm³/mol. The fourth-order valence-corrected chi connectivity index (χ4v) is 3.52. The molecule has 0 bridgehead atoms. The Labute approximate surface area is 107 Å². The van der Waals surface area contributed by atoms with Gasteiger partial charge in [0.1, 0.15) is 5.72 Å². The maximum atomic E-state index is 6.63. The molecule has 100 valence electrons. The molecule has 0 radical (unpaired) electrons. The molecule has 1 N–H and O–H groups in total. The van der Waals surface area contributed by atoms with Gasteiger partial charge in [-0.3, -0.25) is 5.32 Å². The van der Waals surface area contributed by atoms with Crippen molar-refractivity contribution in [1.82, 2.24) is 5.32 Å². The number of rotatable bonds is 2. The summed E-state index contributed by atoms with van der Waals surface area (Å²) in [6, 6.07) is 0. The first-order valence-corrected chi connectivity index (χ1v) is 7.69. The monoisotopic (exact) mass is 239 g/mol. The number of ether oxygens (including phenoxy) is 1. The second kappa shape index (κ2) is 5.71. The first kappa shape index (κ1) is 13.4. The molecule has 1 saturated carbocycles. The zero-order valence-electron chi connectivity index (χ0n) is 11.7. The minimum atomic E-state index is 0.0185. The Hall–Kier alpha value is -0.0800. The molecule has 17 heavy (non-hydrogen) atoms. The first-order chi connectivity index (χ1) is 8.24. The van der Waals surface area contributed by atoms with Crippen LogP contribution in [0.4, 0.5) is 0 Å². The Morgan fingerprint density at radius 2 is 1.47 bits per heavy atom. The van der Waals surface area contributed by atoms with E-state index in [9.17, 15) is 0 Å². The third-order valence-electron chi connectivity index (χ3n) is 4.89. The summed E-state index contributed by atoms with van der Waals surface area (Å²) >= 11 is 0. The van der Waals surface area contributed by atoms with Gasteiger partial charge < -0.3 is 4.74 Å². The van der Waals surface area contributed by atoms with Crippen LogP contribution in [0, 0.1) is 0 Å². The highest BCUT2D eigenvalue weighted by Gasteiger charge is 2.43. The Morgan fingerprint density at radius 3 is 2.06 bits per heavy atom. The average Bonchev–Trinajstić information content (AvgIpc) is 2.35. The number of hydrogen-bond donors (Lipinski definition) is 1. The quantitative estimate of drug-likeness (QED) is 0.786. The SMILES string of the molecule is CCC1(CC)CCNC2(CCCCCCC2)O1. The molecule has 0 aromatic rings. The molecule has 2 aliphatic rings. The van der Waals surface area contributed by atoms with Crippen molar-refractivity contribution in [2.24, 2.45) is 0 Å². The van der Waals surface area contributed by atoms with Crippen molar-refractivity contribution in [3.05, 3.63) is 0 Å². The van der Waals surface area contributed by atoms with Crippen LogP contribution < -0.4 is 5.32 Å². The average molecular weight is 239 g/mol. The van der Waals surface area contributed by atoms with E-state index in [1.165, 1.54) is 51.4 Å². The number of nitrogens with one attached hydrogen (secondary N) is 1. The van der Waals surface area contributed by atoms with Gasteiger partial charge in [-0.05, 0) is 44.9 Å². The van der Waals surface area contributed by atoms with Crippen LogP contribution in [0.25, 0.3) is 0 Å². The van der Waals surface area contributed by atoms with Crippen molar-refractivity contribution in [3.8, 4) is 0 Å². The van der Waals surface area contributed by atoms with E-state index < -0.39 is 0 Å². The van der Waals surface area contributed by atoms with Crippen LogP contribution in [0.3, 0.4) is 0 Å². The summed E-state index contributed by atoms with van der Waals surface area (Å²) in [6.07, 6.45) is 12.8. The van der Waals surface area contributed by atoms with Crippen LogP contribution in [-0.4, -0.2) is 17.9 Å². The lowest BCUT2D eigenvalue weighted by Crippen LogP contribution is -2.59. The van der Waals surface area contributed by atoms with Crippen molar-refractivity contribution < 1.29 is 4.74 Å². The van der Waals surface area contributed by atoms with Crippen LogP contribution in [0.5, 0.6) is 0 Å². The van der Waals surface area contributed by atoms with Gasteiger partial charge in [0.15, 0.2) is 0 Å². The van der Waals surface area contributed by atoms with Crippen LogP contribution in [-0.2, 0) is 4.74 Å². The highest BCUT2D eigenvalue weighted by atomic mass is 16.5. The summed E-state index contributed by atoms with van der Waals surface area (Å²) < 4.78 is 6.63. The first-order valence-electron chi connectivity index (χ1n) is 7.69. The molecule has 0 atom stereocenters. The van der Waals surface area contributed by atoms with E-state index in [2.05, 4.69) is 19.2 Å². The van der Waals surface area contributed by atoms with Crippen molar-refractivity contribution in [2.75, 3.05) is 6.54 Å². The largest absolute Gasteiger partial charge is 0.354 e. The van der Waals surface area contributed by atoms with Crippen molar-refractivity contribution in [3.63, 3.8) is 0 Å². The highest BCUT2D eigenvalue weighted by Crippen LogP contribution is 2.38. The van der Waals surface area contributed by atoms with Crippen LogP contribution in [0.1, 0.15) is 78.1 Å². The Morgan fingerprint density at radius 1 is 0.882 bits per heavy atom. The molecular weight excluding hydrogens is 210 g/mol. The van der Waals surface area contributed by atoms with Crippen molar-refractivity contribution >= 4 is 0 Å². The molecule has 2 rings (SSSR count). The summed E-state index contributed by atoms with van der Waals surface area (Å²) in [6.45, 7) is 5.71. The van der Waals surface area contributed by atoms with E-state index in [1.54, 1.807) is 0 Å². The van der Waals surface area contributed by atoms with Gasteiger partial charge in [-0.1, -0.05) is 33.1 Å². The van der Waals surface area contributed by atoms with Crippen LogP contribution >= 0.6 is 0 Å². The Kier molecular flexibility index (Phi) is 4.48. The Bertz CT molecular complexity index is 227. The molecule has 0 aromatic heterocycles. The van der Waals surface area contributed by atoms with Gasteiger partial charge in [0.25, 0.3) is 0 Å². The molecule has 2 nitrogen and oxygen atoms in total. The smallest absolute Gasteiger partial charge is 0.119 e. The van der Waals surface area contributed by atoms with Gasteiger partial charge in [0.2, 0.25) is 0 Å². The minimum Gasteiger partial charge on any atom is -0.354 e. The highest BCUT2D eigenvalue weighted by molar-refractivity contribution is 4.92. The van der Waals surface area contributed by atoms with Gasteiger partial charge in [0, 0.05) is 6.54 Å². The molecule has 1 aliphatic heterocycles. The number of hydrogen-bond acceptors (Lipinski definition) is 2. The standard InChI is InChI=1S/C15H29NO/c1-3-14(4-2)12-13-16-15(17-14)10-8-6-5-7-9-11-15/h16H,3-13H2,1-2H3. The summed E-state index contributed by atoms with van der Waals surface area (Å²) in [7, 11) is 0.